The molecule has 102 valence electrons. The molecule has 1 amide bonds. The highest BCUT2D eigenvalue weighted by molar-refractivity contribution is 5.69. The van der Waals surface area contributed by atoms with Gasteiger partial charge in [0.25, 0.3) is 0 Å². The lowest BCUT2D eigenvalue weighted by Crippen LogP contribution is -2.40. The molecule has 0 spiro atoms. The average molecular weight is 260 g/mol. The Morgan fingerprint density at radius 3 is 2.89 bits per heavy atom. The van der Waals surface area contributed by atoms with Gasteiger partial charge in [0.05, 0.1) is 6.04 Å². The Kier molecular flexibility index (Phi) is 3.88. The molecule has 1 aliphatic rings. The van der Waals surface area contributed by atoms with Gasteiger partial charge in [0.1, 0.15) is 5.60 Å². The fourth-order valence-corrected chi connectivity index (χ4v) is 2.05. The quantitative estimate of drug-likeness (QED) is 0.727. The zero-order valence-electron chi connectivity index (χ0n) is 11.7. The van der Waals surface area contributed by atoms with E-state index in [4.69, 9.17) is 4.74 Å². The van der Waals surface area contributed by atoms with Crippen molar-refractivity contribution in [2.75, 3.05) is 6.54 Å². The maximum Gasteiger partial charge on any atom is 0.411 e. The highest BCUT2D eigenvalue weighted by atomic mass is 16.6. The van der Waals surface area contributed by atoms with Crippen LogP contribution in [0.5, 0.6) is 0 Å². The molecule has 1 aliphatic heterocycles. The van der Waals surface area contributed by atoms with Crippen LogP contribution in [0.15, 0.2) is 36.7 Å². The lowest BCUT2D eigenvalue weighted by molar-refractivity contribution is 0.0190. The number of hydrogen-bond donors (Lipinski definition) is 0. The van der Waals surface area contributed by atoms with Gasteiger partial charge >= 0.3 is 6.09 Å². The summed E-state index contributed by atoms with van der Waals surface area (Å²) in [6, 6.07) is 3.77. The van der Waals surface area contributed by atoms with Gasteiger partial charge in [-0.25, -0.2) is 4.79 Å². The molecule has 1 aromatic heterocycles. The summed E-state index contributed by atoms with van der Waals surface area (Å²) >= 11 is 0. The van der Waals surface area contributed by atoms with E-state index in [2.05, 4.69) is 11.1 Å². The van der Waals surface area contributed by atoms with E-state index in [1.54, 1.807) is 17.3 Å². The van der Waals surface area contributed by atoms with Crippen LogP contribution in [-0.4, -0.2) is 28.1 Å². The molecule has 0 N–H and O–H groups in total. The third kappa shape index (κ3) is 3.56. The van der Waals surface area contributed by atoms with E-state index in [1.165, 1.54) is 0 Å². The second kappa shape index (κ2) is 5.43. The van der Waals surface area contributed by atoms with Crippen LogP contribution >= 0.6 is 0 Å². The molecule has 1 atom stereocenters. The molecule has 2 rings (SSSR count). The van der Waals surface area contributed by atoms with Crippen molar-refractivity contribution in [3.63, 3.8) is 0 Å². The Morgan fingerprint density at radius 2 is 2.26 bits per heavy atom. The number of carbonyl (C=O) groups is 1. The predicted molar refractivity (Wildman–Crippen MR) is 73.7 cm³/mol. The van der Waals surface area contributed by atoms with Gasteiger partial charge < -0.3 is 4.74 Å². The molecule has 2 heterocycles. The maximum absolute atomic E-state index is 12.2. The first-order chi connectivity index (χ1) is 8.97. The third-order valence-corrected chi connectivity index (χ3v) is 2.84. The summed E-state index contributed by atoms with van der Waals surface area (Å²) in [5.74, 6) is 0. The second-order valence-electron chi connectivity index (χ2n) is 5.62. The van der Waals surface area contributed by atoms with E-state index in [0.29, 0.717) is 6.54 Å². The van der Waals surface area contributed by atoms with Gasteiger partial charge in [0.2, 0.25) is 0 Å². The summed E-state index contributed by atoms with van der Waals surface area (Å²) in [5, 5.41) is 0. The van der Waals surface area contributed by atoms with Gasteiger partial charge in [-0.3, -0.25) is 9.88 Å². The smallest absolute Gasteiger partial charge is 0.411 e. The number of hydrogen-bond acceptors (Lipinski definition) is 3. The van der Waals surface area contributed by atoms with Gasteiger partial charge in [0.15, 0.2) is 0 Å². The average Bonchev–Trinajstić information content (AvgIpc) is 2.38. The van der Waals surface area contributed by atoms with Crippen LogP contribution in [0.1, 0.15) is 38.8 Å². The summed E-state index contributed by atoms with van der Waals surface area (Å²) in [6.45, 7) is 6.31. The van der Waals surface area contributed by atoms with Crippen LogP contribution in [0.25, 0.3) is 0 Å². The van der Waals surface area contributed by atoms with Gasteiger partial charge in [-0.05, 0) is 38.8 Å². The largest absolute Gasteiger partial charge is 0.444 e. The Bertz CT molecular complexity index is 463. The molecular formula is C15H20N2O2. The van der Waals surface area contributed by atoms with Crippen LogP contribution in [-0.2, 0) is 4.74 Å². The Balaban J connectivity index is 2.19. The summed E-state index contributed by atoms with van der Waals surface area (Å²) in [5.41, 5.74) is 0.530. The van der Waals surface area contributed by atoms with E-state index in [1.807, 2.05) is 39.0 Å². The number of nitrogens with zero attached hydrogens (tertiary/aromatic N) is 2. The zero-order valence-corrected chi connectivity index (χ0v) is 11.7. The van der Waals surface area contributed by atoms with E-state index in [9.17, 15) is 4.79 Å². The van der Waals surface area contributed by atoms with E-state index >= 15 is 0 Å². The van der Waals surface area contributed by atoms with Gasteiger partial charge in [-0.15, -0.1) is 0 Å². The zero-order chi connectivity index (χ0) is 13.9. The van der Waals surface area contributed by atoms with Crippen LogP contribution in [0, 0.1) is 0 Å². The molecule has 1 aromatic rings. The first-order valence-electron chi connectivity index (χ1n) is 6.53. The maximum atomic E-state index is 12.2. The first kappa shape index (κ1) is 13.6. The second-order valence-corrected chi connectivity index (χ2v) is 5.62. The lowest BCUT2D eigenvalue weighted by atomic mass is 10.0. The molecule has 0 saturated carbocycles. The first-order valence-corrected chi connectivity index (χ1v) is 6.53. The van der Waals surface area contributed by atoms with Crippen molar-refractivity contribution in [3.05, 3.63) is 42.2 Å². The number of amides is 1. The minimum Gasteiger partial charge on any atom is -0.444 e. The van der Waals surface area contributed by atoms with Crippen molar-refractivity contribution in [1.29, 1.82) is 0 Å². The summed E-state index contributed by atoms with van der Waals surface area (Å²) in [7, 11) is 0. The molecule has 0 saturated heterocycles. The third-order valence-electron chi connectivity index (χ3n) is 2.84. The number of pyridine rings is 1. The minimum atomic E-state index is -0.474. The molecule has 19 heavy (non-hydrogen) atoms. The van der Waals surface area contributed by atoms with Crippen molar-refractivity contribution in [2.45, 2.75) is 38.8 Å². The van der Waals surface area contributed by atoms with E-state index in [0.717, 1.165) is 12.0 Å². The summed E-state index contributed by atoms with van der Waals surface area (Å²) in [6.07, 6.45) is 8.23. The lowest BCUT2D eigenvalue weighted by Gasteiger charge is -2.34. The Morgan fingerprint density at radius 1 is 1.47 bits per heavy atom. The standard InChI is InChI=1S/C15H20N2O2/c1-15(2,3)19-14(18)17-10-5-4-8-13(17)12-7-6-9-16-11-12/h4,6-9,11,13H,5,10H2,1-3H3. The molecule has 4 nitrogen and oxygen atoms in total. The van der Waals surface area contributed by atoms with Crippen molar-refractivity contribution in [1.82, 2.24) is 9.88 Å². The monoisotopic (exact) mass is 260 g/mol. The van der Waals surface area contributed by atoms with Crippen molar-refractivity contribution >= 4 is 6.09 Å². The van der Waals surface area contributed by atoms with Crippen LogP contribution < -0.4 is 0 Å². The van der Waals surface area contributed by atoms with Gasteiger partial charge in [-0.1, -0.05) is 18.2 Å². The summed E-state index contributed by atoms with van der Waals surface area (Å²) in [4.78, 5) is 18.1. The van der Waals surface area contributed by atoms with Crippen molar-refractivity contribution in [3.8, 4) is 0 Å². The SMILES string of the molecule is CC(C)(C)OC(=O)N1CCC=CC1c1cccnc1. The number of rotatable bonds is 1. The van der Waals surface area contributed by atoms with Crippen LogP contribution in [0.3, 0.4) is 0 Å². The number of aromatic nitrogens is 1. The number of ether oxygens (including phenoxy) is 1. The van der Waals surface area contributed by atoms with Crippen LogP contribution in [0.4, 0.5) is 4.79 Å². The Hall–Kier alpha value is -1.84. The fourth-order valence-electron chi connectivity index (χ4n) is 2.05. The molecule has 0 radical (unpaired) electrons. The highest BCUT2D eigenvalue weighted by Crippen LogP contribution is 2.27. The Labute approximate surface area is 114 Å². The van der Waals surface area contributed by atoms with E-state index in [-0.39, 0.29) is 12.1 Å². The number of carbonyl (C=O) groups excluding carboxylic acids is 1. The minimum absolute atomic E-state index is 0.0858. The van der Waals surface area contributed by atoms with Crippen molar-refractivity contribution < 1.29 is 9.53 Å². The van der Waals surface area contributed by atoms with E-state index < -0.39 is 5.60 Å². The van der Waals surface area contributed by atoms with Crippen LogP contribution in [0.2, 0.25) is 0 Å². The van der Waals surface area contributed by atoms with Gasteiger partial charge in [0, 0.05) is 18.9 Å². The highest BCUT2D eigenvalue weighted by Gasteiger charge is 2.29. The normalized spacial score (nSPS) is 19.3. The van der Waals surface area contributed by atoms with Gasteiger partial charge in [-0.2, -0.15) is 0 Å². The molecule has 0 aliphatic carbocycles. The molecule has 0 aromatic carbocycles. The fraction of sp³-hybridized carbons (Fsp3) is 0.467. The summed E-state index contributed by atoms with van der Waals surface area (Å²) < 4.78 is 5.46. The molecule has 4 heteroatoms. The molecule has 0 bridgehead atoms. The predicted octanol–water partition coefficient (Wildman–Crippen LogP) is 3.32. The molecule has 1 unspecified atom stereocenters. The van der Waals surface area contributed by atoms with Crippen molar-refractivity contribution in [2.24, 2.45) is 0 Å². The topological polar surface area (TPSA) is 42.4 Å². The molecule has 0 fully saturated rings. The molecular weight excluding hydrogens is 240 g/mol.